The maximum Gasteiger partial charge on any atom is 0.407 e. The number of rotatable bonds is 19. The molecule has 6 heterocycles. The van der Waals surface area contributed by atoms with Crippen molar-refractivity contribution < 1.29 is 85.9 Å². The average molecular weight is 1320 g/mol. The van der Waals surface area contributed by atoms with Gasteiger partial charge in [0.25, 0.3) is 8.32 Å². The van der Waals surface area contributed by atoms with Crippen LogP contribution >= 0.6 is 0 Å². The second-order valence-electron chi connectivity index (χ2n) is 26.9. The van der Waals surface area contributed by atoms with Gasteiger partial charge in [0.05, 0.1) is 37.4 Å². The molecule has 20 nitrogen and oxygen atoms in total. The average Bonchev–Trinajstić information content (AvgIpc) is 1.73. The van der Waals surface area contributed by atoms with Gasteiger partial charge in [-0.1, -0.05) is 217 Å². The second kappa shape index (κ2) is 29.4. The molecule has 7 fully saturated rings. The van der Waals surface area contributed by atoms with E-state index in [2.05, 4.69) is 55.7 Å². The van der Waals surface area contributed by atoms with Gasteiger partial charge >= 0.3 is 18.2 Å². The third kappa shape index (κ3) is 14.4. The van der Waals surface area contributed by atoms with Crippen LogP contribution in [0.25, 0.3) is 0 Å². The Labute approximate surface area is 555 Å². The van der Waals surface area contributed by atoms with Crippen LogP contribution in [0.4, 0.5) is 9.59 Å². The number of benzene rings is 6. The van der Waals surface area contributed by atoms with Crippen LogP contribution in [0.2, 0.25) is 5.04 Å². The fourth-order valence-corrected chi connectivity index (χ4v) is 19.6. The molecule has 0 aromatic heterocycles. The highest BCUT2D eigenvalue weighted by atomic mass is 28.4. The van der Waals surface area contributed by atoms with Gasteiger partial charge in [0.1, 0.15) is 80.2 Å². The van der Waals surface area contributed by atoms with Crippen LogP contribution in [0.1, 0.15) is 101 Å². The molecule has 504 valence electrons. The minimum absolute atomic E-state index is 0.00136. The number of amides is 2. The zero-order chi connectivity index (χ0) is 65.8. The van der Waals surface area contributed by atoms with Crippen molar-refractivity contribution in [1.82, 2.24) is 10.6 Å². The number of ether oxygens (including phenoxy) is 12. The highest BCUT2D eigenvalue weighted by Gasteiger charge is 2.62. The molecule has 7 aliphatic rings. The van der Waals surface area contributed by atoms with Gasteiger partial charge < -0.3 is 82.1 Å². The molecule has 0 radical (unpaired) electrons. The first-order chi connectivity index (χ1) is 46.1. The van der Waals surface area contributed by atoms with Crippen molar-refractivity contribution in [2.24, 2.45) is 11.8 Å². The first kappa shape index (κ1) is 66.7. The summed E-state index contributed by atoms with van der Waals surface area (Å²) < 4.78 is 88.9. The first-order valence-electron chi connectivity index (χ1n) is 33.4. The van der Waals surface area contributed by atoms with Crippen molar-refractivity contribution in [3.63, 3.8) is 0 Å². The summed E-state index contributed by atoms with van der Waals surface area (Å²) in [5, 5.41) is 32.5. The van der Waals surface area contributed by atoms with Crippen LogP contribution in [0.15, 0.2) is 182 Å². The number of nitrogens with one attached hydrogen (secondary N) is 2. The van der Waals surface area contributed by atoms with E-state index in [0.29, 0.717) is 25.7 Å². The van der Waals surface area contributed by atoms with E-state index in [-0.39, 0.29) is 44.2 Å². The van der Waals surface area contributed by atoms with E-state index < -0.39 is 142 Å². The summed E-state index contributed by atoms with van der Waals surface area (Å²) in [5.41, 5.74) is 3.19. The number of hydrogen-bond acceptors (Lipinski definition) is 18. The molecule has 1 saturated carbocycles. The van der Waals surface area contributed by atoms with Gasteiger partial charge in [-0.3, -0.25) is 4.79 Å². The predicted octanol–water partition coefficient (Wildman–Crippen LogP) is 8.99. The van der Waals surface area contributed by atoms with E-state index in [1.807, 2.05) is 172 Å². The normalized spacial score (nSPS) is 33.8. The number of carbonyl (C=O) groups is 3. The Morgan fingerprint density at radius 1 is 0.558 bits per heavy atom. The number of aliphatic hydroxyl groups is 2. The minimum atomic E-state index is -3.63. The van der Waals surface area contributed by atoms with E-state index in [0.717, 1.165) is 32.6 Å². The fourth-order valence-electron chi connectivity index (χ4n) is 15.0. The predicted molar refractivity (Wildman–Crippen MR) is 348 cm³/mol. The van der Waals surface area contributed by atoms with E-state index in [1.165, 1.54) is 0 Å². The Bertz CT molecular complexity index is 3430. The van der Waals surface area contributed by atoms with Crippen LogP contribution < -0.4 is 21.0 Å². The fraction of sp³-hybridized carbons (Fsp3) is 0.473. The van der Waals surface area contributed by atoms with E-state index in [4.69, 9.17) is 61.3 Å². The molecular formula is C74H86N2O18Si. The molecule has 6 aromatic carbocycles. The van der Waals surface area contributed by atoms with Crippen molar-refractivity contribution in [1.29, 1.82) is 0 Å². The first-order valence-corrected chi connectivity index (χ1v) is 35.3. The molecule has 1 aliphatic carbocycles. The van der Waals surface area contributed by atoms with Gasteiger partial charge in [-0.25, -0.2) is 9.59 Å². The Morgan fingerprint density at radius 3 is 1.60 bits per heavy atom. The highest BCUT2D eigenvalue weighted by molar-refractivity contribution is 6.99. The molecule has 21 heteroatoms. The summed E-state index contributed by atoms with van der Waals surface area (Å²) in [6, 6.07) is 55.4. The lowest BCUT2D eigenvalue weighted by Gasteiger charge is -2.50. The molecule has 3 unspecified atom stereocenters. The number of carbonyl (C=O) groups excluding carboxylic acids is 3. The Morgan fingerprint density at radius 2 is 1.05 bits per heavy atom. The van der Waals surface area contributed by atoms with Gasteiger partial charge in [-0.15, -0.1) is 0 Å². The van der Waals surface area contributed by atoms with Gasteiger partial charge in [-0.2, -0.15) is 0 Å². The molecule has 21 atom stereocenters. The molecule has 0 bridgehead atoms. The summed E-state index contributed by atoms with van der Waals surface area (Å²) in [4.78, 5) is 41.9. The molecule has 2 amide bonds. The second-order valence-corrected chi connectivity index (χ2v) is 31.2. The Balaban J connectivity index is 0.864. The summed E-state index contributed by atoms with van der Waals surface area (Å²) in [6.07, 6.45) is -17.1. The quantitative estimate of drug-likeness (QED) is 0.0336. The molecular weight excluding hydrogens is 1230 g/mol. The maximum atomic E-state index is 14.2. The zero-order valence-corrected chi connectivity index (χ0v) is 55.0. The van der Waals surface area contributed by atoms with Crippen LogP contribution in [-0.2, 0) is 79.3 Å². The van der Waals surface area contributed by atoms with Gasteiger partial charge in [-0.05, 0) is 63.7 Å². The number of hydrogen-bond donors (Lipinski definition) is 4. The molecule has 13 rings (SSSR count). The lowest BCUT2D eigenvalue weighted by Crippen LogP contribution is -2.70. The van der Waals surface area contributed by atoms with E-state index >= 15 is 0 Å². The number of fused-ring (bicyclic) bond motifs is 3. The molecule has 0 spiro atoms. The standard InChI is InChI=1S/C74H86N2O18Si/c1-6-52-65(92-69-57(75-72(80)83-41-45-25-13-7-14-26-45)59(78)63-54(87-69)38-37-53(85-63)47-29-17-9-18-30-47)67(94-95(74(3,4)5,50-33-21-11-22-34-50)51-35-23-12-24-36-51)71(86-52)93-66-61(44(2)39-49-40-56(77)89-62(49)66)90-70-58(76-73(81)84-42-46-27-15-8-16-28-46)60(79)64-55(88-70)43-82-68(91-64)48-31-19-10-20-32-48/h7-36,44,49,52-55,57-71,78-79H,6,37-43H2,1-5H3,(H,75,80)(H,76,81)/t44-,49-,52+,53?,54-,55+,57+,58?,59+,60-,61+,62-,63+,64+,65+,66-,67+,68?,69+,70+,71-/m0/s1. The lowest BCUT2D eigenvalue weighted by molar-refractivity contribution is -0.360. The van der Waals surface area contributed by atoms with Crippen LogP contribution in [-0.4, -0.2) is 147 Å². The van der Waals surface area contributed by atoms with Crippen molar-refractivity contribution in [3.8, 4) is 0 Å². The largest absolute Gasteiger partial charge is 0.459 e. The van der Waals surface area contributed by atoms with Crippen molar-refractivity contribution in [2.45, 2.75) is 202 Å². The lowest BCUT2D eigenvalue weighted by atomic mass is 9.76. The molecule has 95 heavy (non-hydrogen) atoms. The summed E-state index contributed by atoms with van der Waals surface area (Å²) >= 11 is 0. The SMILES string of the molecule is CC[C@H]1O[C@@H](O[C@@H]2[C@H]3OC(=O)C[C@@H]3C[C@H](C)[C@H]2O[C@H]2O[C@@H]3COC(c4ccccc4)O[C@H]3[C@@H](O)C2NC(=O)OCc2ccccc2)[C@H](O[Si](c2ccccc2)(c2ccccc2)C(C)(C)C)[C@@H]1O[C@H]1O[C@H]2CCC(c3ccccc3)O[C@H]2[C@H](O)[C@H]1NC(=O)OCc1ccccc1. The molecule has 4 N–H and O–H groups in total. The summed E-state index contributed by atoms with van der Waals surface area (Å²) in [5.74, 6) is -1.09. The Hall–Kier alpha value is -6.93. The number of esters is 1. The molecule has 6 saturated heterocycles. The number of aliphatic hydroxyl groups excluding tert-OH is 2. The van der Waals surface area contributed by atoms with E-state index in [9.17, 15) is 24.6 Å². The monoisotopic (exact) mass is 1320 g/mol. The molecule has 6 aliphatic heterocycles. The third-order valence-corrected chi connectivity index (χ3v) is 24.7. The molecule has 6 aromatic rings. The van der Waals surface area contributed by atoms with Gasteiger partial charge in [0.2, 0.25) is 0 Å². The van der Waals surface area contributed by atoms with Crippen LogP contribution in [0.5, 0.6) is 0 Å². The van der Waals surface area contributed by atoms with Gasteiger partial charge in [0, 0.05) is 11.5 Å². The Kier molecular flexibility index (Phi) is 20.6. The van der Waals surface area contributed by atoms with Crippen molar-refractivity contribution in [3.05, 3.63) is 204 Å². The van der Waals surface area contributed by atoms with Crippen LogP contribution in [0.3, 0.4) is 0 Å². The van der Waals surface area contributed by atoms with Crippen molar-refractivity contribution in [2.75, 3.05) is 6.61 Å². The van der Waals surface area contributed by atoms with E-state index in [1.54, 1.807) is 0 Å². The smallest absolute Gasteiger partial charge is 0.407 e. The minimum Gasteiger partial charge on any atom is -0.459 e. The summed E-state index contributed by atoms with van der Waals surface area (Å²) in [6.45, 7) is 10.3. The number of alkyl carbamates (subject to hydrolysis) is 2. The maximum absolute atomic E-state index is 14.2. The third-order valence-electron chi connectivity index (χ3n) is 19.6. The van der Waals surface area contributed by atoms with Gasteiger partial charge in [0.15, 0.2) is 25.2 Å². The van der Waals surface area contributed by atoms with Crippen LogP contribution in [0, 0.1) is 11.8 Å². The summed E-state index contributed by atoms with van der Waals surface area (Å²) in [7, 11) is -3.63. The zero-order valence-electron chi connectivity index (χ0n) is 54.0. The highest BCUT2D eigenvalue weighted by Crippen LogP contribution is 2.48. The van der Waals surface area contributed by atoms with Crippen molar-refractivity contribution >= 4 is 36.8 Å². The topological polar surface area (TPSA) is 236 Å².